The van der Waals surface area contributed by atoms with Gasteiger partial charge in [-0.25, -0.2) is 22.6 Å². The number of nitrogens with one attached hydrogen (secondary N) is 1. The van der Waals surface area contributed by atoms with E-state index < -0.39 is 21.3 Å². The Morgan fingerprint density at radius 1 is 1.15 bits per heavy atom. The van der Waals surface area contributed by atoms with Gasteiger partial charge in [0.15, 0.2) is 9.84 Å². The van der Waals surface area contributed by atoms with Crippen molar-refractivity contribution in [2.24, 2.45) is 0 Å². The molecular weight excluding hydrogens is 445 g/mol. The van der Waals surface area contributed by atoms with Crippen LogP contribution in [-0.4, -0.2) is 54.3 Å². The minimum Gasteiger partial charge on any atom is -0.444 e. The maximum absolute atomic E-state index is 14.6. The second-order valence-corrected chi connectivity index (χ2v) is 11.5. The summed E-state index contributed by atoms with van der Waals surface area (Å²) in [4.78, 5) is 21.6. The van der Waals surface area contributed by atoms with Gasteiger partial charge in [-0.3, -0.25) is 0 Å². The number of aromatic nitrogens is 2. The van der Waals surface area contributed by atoms with Gasteiger partial charge in [0.2, 0.25) is 0 Å². The van der Waals surface area contributed by atoms with E-state index in [9.17, 15) is 17.6 Å². The van der Waals surface area contributed by atoms with Crippen molar-refractivity contribution < 1.29 is 22.3 Å². The highest BCUT2D eigenvalue weighted by Crippen LogP contribution is 2.32. The van der Waals surface area contributed by atoms with E-state index in [1.54, 1.807) is 4.90 Å². The summed E-state index contributed by atoms with van der Waals surface area (Å²) in [6, 6.07) is 9.75. The fraction of sp³-hybridized carbons (Fsp3) is 0.417. The highest BCUT2D eigenvalue weighted by molar-refractivity contribution is 7.90. The topological polar surface area (TPSA) is 92.4 Å². The van der Waals surface area contributed by atoms with Gasteiger partial charge >= 0.3 is 6.09 Å². The number of rotatable bonds is 3. The normalized spacial score (nSPS) is 15.7. The lowest BCUT2D eigenvalue weighted by molar-refractivity contribution is 0.0205. The number of aromatic amines is 1. The average Bonchev–Trinajstić information content (AvgIpc) is 3.15. The number of piperidine rings is 1. The molecule has 1 amide bonds. The smallest absolute Gasteiger partial charge is 0.410 e. The molecule has 1 N–H and O–H groups in total. The molecule has 0 atom stereocenters. The van der Waals surface area contributed by atoms with Crippen LogP contribution in [0.15, 0.2) is 41.3 Å². The van der Waals surface area contributed by atoms with Crippen LogP contribution in [0.3, 0.4) is 0 Å². The monoisotopic (exact) mass is 473 g/mol. The molecule has 2 aromatic carbocycles. The van der Waals surface area contributed by atoms with Gasteiger partial charge < -0.3 is 14.6 Å². The molecule has 33 heavy (non-hydrogen) atoms. The maximum Gasteiger partial charge on any atom is 0.410 e. The van der Waals surface area contributed by atoms with Crippen LogP contribution >= 0.6 is 0 Å². The minimum absolute atomic E-state index is 0.0696. The lowest BCUT2D eigenvalue weighted by Gasteiger charge is -2.33. The van der Waals surface area contributed by atoms with Crippen molar-refractivity contribution in [3.05, 3.63) is 47.8 Å². The first-order chi connectivity index (χ1) is 15.4. The number of hydrogen-bond donors (Lipinski definition) is 1. The number of hydrogen-bond acceptors (Lipinski definition) is 5. The number of carbonyl (C=O) groups is 1. The highest BCUT2D eigenvalue weighted by Gasteiger charge is 2.27. The summed E-state index contributed by atoms with van der Waals surface area (Å²) in [5.41, 5.74) is 2.32. The molecule has 2 heterocycles. The first kappa shape index (κ1) is 23.2. The molecule has 1 fully saturated rings. The van der Waals surface area contributed by atoms with Crippen LogP contribution in [0.2, 0.25) is 0 Å². The summed E-state index contributed by atoms with van der Waals surface area (Å²) in [5.74, 6) is -0.00298. The Labute approximate surface area is 192 Å². The predicted octanol–water partition coefficient (Wildman–Crippen LogP) is 4.89. The van der Waals surface area contributed by atoms with Crippen LogP contribution in [0.25, 0.3) is 22.4 Å². The molecule has 1 aliphatic rings. The van der Waals surface area contributed by atoms with E-state index in [1.165, 1.54) is 12.1 Å². The van der Waals surface area contributed by atoms with Crippen molar-refractivity contribution in [2.45, 2.75) is 50.0 Å². The summed E-state index contributed by atoms with van der Waals surface area (Å²) in [6.45, 7) is 6.83. The number of ether oxygens (including phenoxy) is 1. The molecule has 4 rings (SSSR count). The number of likely N-dealkylation sites (tertiary alicyclic amines) is 1. The summed E-state index contributed by atoms with van der Waals surface area (Å²) >= 11 is 0. The number of amides is 1. The second-order valence-electron chi connectivity index (χ2n) is 9.52. The number of nitrogens with zero attached hydrogens (tertiary/aromatic N) is 2. The van der Waals surface area contributed by atoms with Crippen LogP contribution in [0, 0.1) is 5.82 Å². The zero-order valence-corrected chi connectivity index (χ0v) is 20.0. The lowest BCUT2D eigenvalue weighted by atomic mass is 9.89. The van der Waals surface area contributed by atoms with Gasteiger partial charge in [-0.2, -0.15) is 0 Å². The van der Waals surface area contributed by atoms with E-state index in [0.29, 0.717) is 30.3 Å². The maximum atomic E-state index is 14.6. The highest BCUT2D eigenvalue weighted by atomic mass is 32.2. The summed E-state index contributed by atoms with van der Waals surface area (Å²) < 4.78 is 43.4. The molecule has 176 valence electrons. The molecule has 7 nitrogen and oxygen atoms in total. The largest absolute Gasteiger partial charge is 0.444 e. The fourth-order valence-electron chi connectivity index (χ4n) is 4.05. The lowest BCUT2D eigenvalue weighted by Crippen LogP contribution is -2.41. The van der Waals surface area contributed by atoms with Crippen molar-refractivity contribution in [3.63, 3.8) is 0 Å². The Kier molecular flexibility index (Phi) is 5.94. The van der Waals surface area contributed by atoms with Crippen LogP contribution in [-0.2, 0) is 14.6 Å². The number of carbonyl (C=O) groups excluding carboxylic acids is 1. The number of H-pyrrole nitrogens is 1. The van der Waals surface area contributed by atoms with Gasteiger partial charge in [-0.1, -0.05) is 6.07 Å². The number of imidazole rings is 1. The van der Waals surface area contributed by atoms with E-state index in [2.05, 4.69) is 9.97 Å². The number of benzene rings is 2. The average molecular weight is 474 g/mol. The molecule has 9 heteroatoms. The minimum atomic E-state index is -3.49. The third-order valence-electron chi connectivity index (χ3n) is 5.75. The van der Waals surface area contributed by atoms with Crippen LogP contribution < -0.4 is 0 Å². The fourth-order valence-corrected chi connectivity index (χ4v) is 4.68. The van der Waals surface area contributed by atoms with Gasteiger partial charge in [-0.15, -0.1) is 0 Å². The van der Waals surface area contributed by atoms with Crippen LogP contribution in [0.1, 0.15) is 45.1 Å². The van der Waals surface area contributed by atoms with E-state index in [-0.39, 0.29) is 16.6 Å². The van der Waals surface area contributed by atoms with E-state index in [4.69, 9.17) is 4.74 Å². The predicted molar refractivity (Wildman–Crippen MR) is 124 cm³/mol. The molecule has 0 unspecified atom stereocenters. The zero-order chi connectivity index (χ0) is 24.0. The SMILES string of the molecule is CC(C)(C)OC(=O)N1CCC(c2ccc3nc(-c4ccc(S(C)(=O)=O)cc4F)[nH]c3c2)CC1. The first-order valence-electron chi connectivity index (χ1n) is 10.9. The summed E-state index contributed by atoms with van der Waals surface area (Å²) in [5, 5.41) is 0. The molecule has 0 aliphatic carbocycles. The van der Waals surface area contributed by atoms with Crippen molar-refractivity contribution in [2.75, 3.05) is 19.3 Å². The van der Waals surface area contributed by atoms with Gasteiger partial charge in [-0.05, 0) is 75.4 Å². The Morgan fingerprint density at radius 2 is 1.85 bits per heavy atom. The van der Waals surface area contributed by atoms with E-state index in [1.807, 2.05) is 39.0 Å². The van der Waals surface area contributed by atoms with Crippen LogP contribution in [0.5, 0.6) is 0 Å². The second kappa shape index (κ2) is 8.44. The van der Waals surface area contributed by atoms with Gasteiger partial charge in [0.1, 0.15) is 17.2 Å². The van der Waals surface area contributed by atoms with Crippen molar-refractivity contribution in [1.82, 2.24) is 14.9 Å². The third-order valence-corrected chi connectivity index (χ3v) is 6.86. The van der Waals surface area contributed by atoms with Crippen molar-refractivity contribution >= 4 is 27.0 Å². The van der Waals surface area contributed by atoms with Crippen molar-refractivity contribution in [3.8, 4) is 11.4 Å². The number of halogens is 1. The van der Waals surface area contributed by atoms with E-state index in [0.717, 1.165) is 36.2 Å². The summed E-state index contributed by atoms with van der Waals surface area (Å²) in [7, 11) is -3.49. The van der Waals surface area contributed by atoms with Crippen molar-refractivity contribution in [1.29, 1.82) is 0 Å². The Bertz CT molecular complexity index is 1300. The third kappa shape index (κ3) is 5.19. The first-order valence-corrected chi connectivity index (χ1v) is 12.8. The molecule has 1 aromatic heterocycles. The zero-order valence-electron chi connectivity index (χ0n) is 19.2. The molecule has 0 saturated carbocycles. The standard InChI is InChI=1S/C24H28FN3O4S/c1-24(2,3)32-23(29)28-11-9-15(10-12-28)16-5-8-20-21(13-16)27-22(26-20)18-7-6-17(14-19(18)25)33(4,30)31/h5-8,13-15H,9-12H2,1-4H3,(H,26,27). The molecule has 0 radical (unpaired) electrons. The Hall–Kier alpha value is -2.94. The summed E-state index contributed by atoms with van der Waals surface area (Å²) in [6.07, 6.45) is 2.42. The number of fused-ring (bicyclic) bond motifs is 1. The van der Waals surface area contributed by atoms with Gasteiger partial charge in [0.25, 0.3) is 0 Å². The van der Waals surface area contributed by atoms with Gasteiger partial charge in [0, 0.05) is 19.3 Å². The molecule has 1 aliphatic heterocycles. The molecule has 1 saturated heterocycles. The van der Waals surface area contributed by atoms with Crippen LogP contribution in [0.4, 0.5) is 9.18 Å². The molecule has 3 aromatic rings. The quantitative estimate of drug-likeness (QED) is 0.585. The van der Waals surface area contributed by atoms with Gasteiger partial charge in [0.05, 0.1) is 21.5 Å². The molecular formula is C24H28FN3O4S. The Balaban J connectivity index is 1.51. The number of sulfone groups is 1. The van der Waals surface area contributed by atoms with E-state index >= 15 is 0 Å². The molecule has 0 bridgehead atoms. The molecule has 0 spiro atoms. The Morgan fingerprint density at radius 3 is 2.45 bits per heavy atom.